The molecule has 1 aromatic carbocycles. The fourth-order valence-electron chi connectivity index (χ4n) is 5.42. The molecule has 2 aliphatic rings. The summed E-state index contributed by atoms with van der Waals surface area (Å²) < 4.78 is 15.8. The van der Waals surface area contributed by atoms with Gasteiger partial charge in [0, 0.05) is 17.8 Å². The Morgan fingerprint density at radius 1 is 1.11 bits per heavy atom. The number of benzene rings is 1. The predicted molar refractivity (Wildman–Crippen MR) is 127 cm³/mol. The molecule has 0 unspecified atom stereocenters. The molecule has 0 radical (unpaired) electrons. The third kappa shape index (κ3) is 4.66. The Kier molecular flexibility index (Phi) is 7.70. The van der Waals surface area contributed by atoms with Crippen LogP contribution in [0, 0.1) is 22.0 Å². The molecule has 36 heavy (non-hydrogen) atoms. The Morgan fingerprint density at radius 3 is 2.33 bits per heavy atom. The molecule has 1 aromatic rings. The summed E-state index contributed by atoms with van der Waals surface area (Å²) in [7, 11) is 0. The molecule has 1 saturated carbocycles. The highest BCUT2D eigenvalue weighted by atomic mass is 16.6. The van der Waals surface area contributed by atoms with Gasteiger partial charge >= 0.3 is 18.0 Å². The van der Waals surface area contributed by atoms with E-state index in [1.54, 1.807) is 52.8 Å². The zero-order valence-electron chi connectivity index (χ0n) is 21.1. The lowest BCUT2D eigenvalue weighted by atomic mass is 9.55. The second kappa shape index (κ2) is 10.2. The summed E-state index contributed by atoms with van der Waals surface area (Å²) in [6, 6.07) is 4.84. The van der Waals surface area contributed by atoms with Crippen LogP contribution in [0.4, 0.5) is 10.5 Å². The van der Waals surface area contributed by atoms with Gasteiger partial charge in [0.1, 0.15) is 16.9 Å². The van der Waals surface area contributed by atoms with Gasteiger partial charge in [0.15, 0.2) is 0 Å². The monoisotopic (exact) mass is 504 g/mol. The molecule has 1 aliphatic heterocycles. The molecule has 0 aromatic heterocycles. The van der Waals surface area contributed by atoms with Crippen LogP contribution in [0.25, 0.3) is 0 Å². The Hall–Kier alpha value is -3.50. The van der Waals surface area contributed by atoms with E-state index < -0.39 is 57.8 Å². The first-order chi connectivity index (χ1) is 16.9. The summed E-state index contributed by atoms with van der Waals surface area (Å²) in [4.78, 5) is 66.0. The Balaban J connectivity index is 2.30. The molecule has 2 amide bonds. The number of nitrogens with zero attached hydrogens (tertiary/aromatic N) is 2. The molecule has 0 saturated heterocycles. The number of imide groups is 1. The van der Waals surface area contributed by atoms with Gasteiger partial charge in [0.2, 0.25) is 11.9 Å². The van der Waals surface area contributed by atoms with Crippen molar-refractivity contribution in [2.75, 3.05) is 18.1 Å². The van der Waals surface area contributed by atoms with Gasteiger partial charge in [-0.3, -0.25) is 24.5 Å². The Labute approximate surface area is 209 Å². The van der Waals surface area contributed by atoms with Crippen LogP contribution in [-0.4, -0.2) is 53.7 Å². The molecule has 11 nitrogen and oxygen atoms in total. The third-order valence-corrected chi connectivity index (χ3v) is 6.58. The Bertz CT molecular complexity index is 1060. The van der Waals surface area contributed by atoms with Crippen molar-refractivity contribution in [2.24, 2.45) is 11.8 Å². The number of carbonyl (C=O) groups excluding carboxylic acids is 4. The fraction of sp³-hybridized carbons (Fsp3) is 0.600. The van der Waals surface area contributed by atoms with Gasteiger partial charge < -0.3 is 14.2 Å². The molecule has 1 aliphatic carbocycles. The van der Waals surface area contributed by atoms with Gasteiger partial charge in [0.05, 0.1) is 18.9 Å². The molecule has 11 heteroatoms. The first-order valence-electron chi connectivity index (χ1n) is 12.0. The van der Waals surface area contributed by atoms with E-state index in [0.717, 1.165) is 4.90 Å². The third-order valence-electron chi connectivity index (χ3n) is 6.58. The minimum Gasteiger partial charge on any atom is -0.466 e. The highest BCUT2D eigenvalue weighted by Crippen LogP contribution is 2.57. The summed E-state index contributed by atoms with van der Waals surface area (Å²) in [6.45, 7) is 8.15. The van der Waals surface area contributed by atoms with E-state index >= 15 is 0 Å². The molecule has 0 N–H and O–H groups in total. The zero-order valence-corrected chi connectivity index (χ0v) is 21.1. The quantitative estimate of drug-likeness (QED) is 0.246. The highest BCUT2D eigenvalue weighted by molar-refractivity contribution is 6.22. The maximum atomic E-state index is 14.3. The minimum absolute atomic E-state index is 0.0514. The molecular weight excluding hydrogens is 472 g/mol. The van der Waals surface area contributed by atoms with Gasteiger partial charge in [-0.1, -0.05) is 18.2 Å². The molecule has 0 bridgehead atoms. The van der Waals surface area contributed by atoms with Crippen molar-refractivity contribution in [1.82, 2.24) is 0 Å². The van der Waals surface area contributed by atoms with Gasteiger partial charge in [-0.15, -0.1) is 0 Å². The lowest BCUT2D eigenvalue weighted by molar-refractivity contribution is -0.536. The molecule has 3 rings (SSSR count). The van der Waals surface area contributed by atoms with E-state index in [1.165, 1.54) is 6.07 Å². The number of amides is 2. The number of rotatable bonds is 6. The second-order valence-electron chi connectivity index (χ2n) is 9.87. The van der Waals surface area contributed by atoms with Crippen LogP contribution < -0.4 is 4.90 Å². The van der Waals surface area contributed by atoms with Gasteiger partial charge in [-0.25, -0.2) is 9.69 Å². The highest BCUT2D eigenvalue weighted by Gasteiger charge is 2.70. The van der Waals surface area contributed by atoms with E-state index in [-0.39, 0.29) is 43.7 Å². The maximum absolute atomic E-state index is 14.3. The summed E-state index contributed by atoms with van der Waals surface area (Å²) in [6.07, 6.45) is -1.21. The average molecular weight is 505 g/mol. The first kappa shape index (κ1) is 27.1. The number of hydrogen-bond donors (Lipinski definition) is 0. The number of para-hydroxylation sites is 1. The lowest BCUT2D eigenvalue weighted by Gasteiger charge is -2.45. The molecule has 1 fully saturated rings. The maximum Gasteiger partial charge on any atom is 0.421 e. The van der Waals surface area contributed by atoms with E-state index in [9.17, 15) is 29.3 Å². The summed E-state index contributed by atoms with van der Waals surface area (Å²) >= 11 is 0. The number of fused-ring (bicyclic) bond motifs is 2. The van der Waals surface area contributed by atoms with Crippen molar-refractivity contribution in [3.63, 3.8) is 0 Å². The average Bonchev–Trinajstić information content (AvgIpc) is 3.03. The van der Waals surface area contributed by atoms with Crippen LogP contribution in [0.3, 0.4) is 0 Å². The predicted octanol–water partition coefficient (Wildman–Crippen LogP) is 3.39. The number of hydrogen-bond acceptors (Lipinski definition) is 9. The van der Waals surface area contributed by atoms with E-state index in [4.69, 9.17) is 14.2 Å². The molecule has 1 spiro atoms. The molecule has 196 valence electrons. The van der Waals surface area contributed by atoms with Crippen LogP contribution in [0.15, 0.2) is 24.3 Å². The topological polar surface area (TPSA) is 142 Å². The van der Waals surface area contributed by atoms with E-state index in [2.05, 4.69) is 0 Å². The fourth-order valence-corrected chi connectivity index (χ4v) is 5.42. The van der Waals surface area contributed by atoms with E-state index in [0.29, 0.717) is 0 Å². The molecule has 1 heterocycles. The van der Waals surface area contributed by atoms with Gasteiger partial charge in [-0.05, 0) is 58.6 Å². The largest absolute Gasteiger partial charge is 0.466 e. The number of anilines is 1. The standard InChI is InChI=1S/C25H32N2O9/c1-6-34-19(28)14-15-12-13-18(27(32)33)20(21(29)35-7-2)25(15)16-10-8-9-11-17(16)26(22(25)30)23(31)36-24(3,4)5/h8-11,15,18,20H,6-7,12-14H2,1-5H3/t15-,18+,20+,25+/m0/s1. The minimum atomic E-state index is -1.90. The lowest BCUT2D eigenvalue weighted by Crippen LogP contribution is -2.62. The van der Waals surface area contributed by atoms with Crippen molar-refractivity contribution in [1.29, 1.82) is 0 Å². The van der Waals surface area contributed by atoms with Crippen LogP contribution in [0.5, 0.6) is 0 Å². The normalized spacial score (nSPS) is 25.3. The SMILES string of the molecule is CCOC(=O)C[C@@H]1CC[C@@H]([N+](=O)[O-])[C@H](C(=O)OCC)[C@@]12C(=O)N(C(=O)OC(C)(C)C)c1ccccc12. The summed E-state index contributed by atoms with van der Waals surface area (Å²) in [5.41, 5.74) is -2.44. The Morgan fingerprint density at radius 2 is 1.75 bits per heavy atom. The van der Waals surface area contributed by atoms with Gasteiger partial charge in [0.25, 0.3) is 0 Å². The smallest absolute Gasteiger partial charge is 0.421 e. The number of esters is 2. The molecular formula is C25H32N2O9. The van der Waals surface area contributed by atoms with Crippen molar-refractivity contribution < 1.29 is 38.3 Å². The van der Waals surface area contributed by atoms with Gasteiger partial charge in [-0.2, -0.15) is 0 Å². The number of ether oxygens (including phenoxy) is 3. The van der Waals surface area contributed by atoms with Crippen molar-refractivity contribution in [3.05, 3.63) is 39.9 Å². The number of carbonyl (C=O) groups is 4. The summed E-state index contributed by atoms with van der Waals surface area (Å²) in [5.74, 6) is -4.81. The van der Waals surface area contributed by atoms with Crippen LogP contribution >= 0.6 is 0 Å². The summed E-state index contributed by atoms with van der Waals surface area (Å²) in [5, 5.41) is 12.2. The van der Waals surface area contributed by atoms with Crippen molar-refractivity contribution in [2.45, 2.75) is 70.9 Å². The number of nitro groups is 1. The van der Waals surface area contributed by atoms with Crippen LogP contribution in [0.2, 0.25) is 0 Å². The van der Waals surface area contributed by atoms with E-state index in [1.807, 2.05) is 0 Å². The van der Waals surface area contributed by atoms with Crippen LogP contribution in [-0.2, 0) is 34.0 Å². The first-order valence-corrected chi connectivity index (χ1v) is 12.0. The van der Waals surface area contributed by atoms with Crippen LogP contribution in [0.1, 0.15) is 59.4 Å². The van der Waals surface area contributed by atoms with Crippen molar-refractivity contribution >= 4 is 29.6 Å². The van der Waals surface area contributed by atoms with Crippen molar-refractivity contribution in [3.8, 4) is 0 Å². The second-order valence-corrected chi connectivity index (χ2v) is 9.87. The molecule has 4 atom stereocenters. The zero-order chi connectivity index (χ0) is 26.8.